The standard InChI is InChI=1S/C14H13N3O/c1-9-5-3-4-6-11(9)12-8-13-15-10(2)7-14(18)17(13)16-12/h3-8,16H,1-2H3. The third kappa shape index (κ3) is 1.62. The predicted molar refractivity (Wildman–Crippen MR) is 70.7 cm³/mol. The fourth-order valence-corrected chi connectivity index (χ4v) is 2.12. The van der Waals surface area contributed by atoms with Crippen molar-refractivity contribution in [3.05, 3.63) is 58.0 Å². The molecule has 0 spiro atoms. The number of nitrogens with one attached hydrogen (secondary N) is 1. The Morgan fingerprint density at radius 2 is 1.94 bits per heavy atom. The number of H-pyrrole nitrogens is 1. The molecule has 0 unspecified atom stereocenters. The number of rotatable bonds is 1. The van der Waals surface area contributed by atoms with Gasteiger partial charge in [0.2, 0.25) is 0 Å². The van der Waals surface area contributed by atoms with E-state index in [1.807, 2.05) is 44.2 Å². The van der Waals surface area contributed by atoms with Crippen molar-refractivity contribution in [1.29, 1.82) is 0 Å². The maximum atomic E-state index is 11.8. The molecule has 0 bridgehead atoms. The van der Waals surface area contributed by atoms with Crippen LogP contribution in [0.15, 0.2) is 41.2 Å². The second-order valence-electron chi connectivity index (χ2n) is 4.41. The summed E-state index contributed by atoms with van der Waals surface area (Å²) >= 11 is 0. The Morgan fingerprint density at radius 1 is 1.17 bits per heavy atom. The molecule has 0 saturated carbocycles. The van der Waals surface area contributed by atoms with Crippen molar-refractivity contribution < 1.29 is 0 Å². The van der Waals surface area contributed by atoms with Crippen molar-refractivity contribution in [3.8, 4) is 11.3 Å². The highest BCUT2D eigenvalue weighted by molar-refractivity contribution is 5.67. The number of aromatic amines is 1. The van der Waals surface area contributed by atoms with Crippen molar-refractivity contribution in [2.45, 2.75) is 13.8 Å². The quantitative estimate of drug-likeness (QED) is 0.708. The SMILES string of the molecule is Cc1cc(=O)n2[nH]c(-c3ccccc3C)cc2n1. The minimum atomic E-state index is -0.0858. The zero-order valence-electron chi connectivity index (χ0n) is 10.3. The molecule has 90 valence electrons. The highest BCUT2D eigenvalue weighted by Gasteiger charge is 2.07. The lowest BCUT2D eigenvalue weighted by Crippen LogP contribution is -2.14. The molecule has 4 heteroatoms. The van der Waals surface area contributed by atoms with Crippen LogP contribution in [-0.4, -0.2) is 14.6 Å². The molecule has 0 aliphatic heterocycles. The molecular formula is C14H13N3O. The van der Waals surface area contributed by atoms with E-state index >= 15 is 0 Å². The molecule has 0 atom stereocenters. The van der Waals surface area contributed by atoms with Crippen LogP contribution in [0.1, 0.15) is 11.3 Å². The van der Waals surface area contributed by atoms with Crippen molar-refractivity contribution in [1.82, 2.24) is 14.6 Å². The first-order chi connectivity index (χ1) is 8.65. The molecule has 0 amide bonds. The molecule has 0 fully saturated rings. The van der Waals surface area contributed by atoms with E-state index < -0.39 is 0 Å². The highest BCUT2D eigenvalue weighted by atomic mass is 16.1. The van der Waals surface area contributed by atoms with Crippen LogP contribution in [0.25, 0.3) is 16.9 Å². The Labute approximate surface area is 104 Å². The summed E-state index contributed by atoms with van der Waals surface area (Å²) in [6.45, 7) is 3.87. The van der Waals surface area contributed by atoms with Gasteiger partial charge in [0.05, 0.1) is 5.69 Å². The van der Waals surface area contributed by atoms with Gasteiger partial charge < -0.3 is 0 Å². The fourth-order valence-electron chi connectivity index (χ4n) is 2.12. The number of nitrogens with zero attached hydrogens (tertiary/aromatic N) is 2. The Morgan fingerprint density at radius 3 is 2.72 bits per heavy atom. The monoisotopic (exact) mass is 239 g/mol. The lowest BCUT2D eigenvalue weighted by atomic mass is 10.1. The third-order valence-electron chi connectivity index (χ3n) is 3.01. The molecule has 1 N–H and O–H groups in total. The molecule has 0 aliphatic rings. The Kier molecular flexibility index (Phi) is 2.30. The number of hydrogen-bond acceptors (Lipinski definition) is 2. The van der Waals surface area contributed by atoms with E-state index in [0.29, 0.717) is 5.65 Å². The van der Waals surface area contributed by atoms with E-state index in [2.05, 4.69) is 10.1 Å². The molecule has 2 heterocycles. The van der Waals surface area contributed by atoms with E-state index in [9.17, 15) is 4.79 Å². The summed E-state index contributed by atoms with van der Waals surface area (Å²) in [5.74, 6) is 0. The van der Waals surface area contributed by atoms with Gasteiger partial charge in [0.15, 0.2) is 5.65 Å². The van der Waals surface area contributed by atoms with Crippen molar-refractivity contribution >= 4 is 5.65 Å². The van der Waals surface area contributed by atoms with E-state index in [-0.39, 0.29) is 5.56 Å². The molecular weight excluding hydrogens is 226 g/mol. The van der Waals surface area contributed by atoms with Gasteiger partial charge in [0.25, 0.3) is 5.56 Å². The maximum absolute atomic E-state index is 11.8. The summed E-state index contributed by atoms with van der Waals surface area (Å²) < 4.78 is 1.47. The molecule has 3 rings (SSSR count). The number of hydrogen-bond donors (Lipinski definition) is 1. The largest absolute Gasteiger partial charge is 0.289 e. The van der Waals surface area contributed by atoms with Gasteiger partial charge in [0.1, 0.15) is 0 Å². The first kappa shape index (κ1) is 10.8. The van der Waals surface area contributed by atoms with Gasteiger partial charge in [-0.2, -0.15) is 0 Å². The summed E-state index contributed by atoms with van der Waals surface area (Å²) in [6.07, 6.45) is 0. The van der Waals surface area contributed by atoms with Gasteiger partial charge in [-0.1, -0.05) is 24.3 Å². The Bertz CT molecular complexity index is 783. The minimum absolute atomic E-state index is 0.0858. The van der Waals surface area contributed by atoms with Gasteiger partial charge in [-0.05, 0) is 19.4 Å². The highest BCUT2D eigenvalue weighted by Crippen LogP contribution is 2.21. The molecule has 3 aromatic rings. The van der Waals surface area contributed by atoms with Crippen molar-refractivity contribution in [2.24, 2.45) is 0 Å². The summed E-state index contributed by atoms with van der Waals surface area (Å²) in [7, 11) is 0. The van der Waals surface area contributed by atoms with Gasteiger partial charge >= 0.3 is 0 Å². The number of aryl methyl sites for hydroxylation is 2. The molecule has 0 saturated heterocycles. The Balaban J connectivity index is 2.30. The molecule has 2 aromatic heterocycles. The summed E-state index contributed by atoms with van der Waals surface area (Å²) in [6, 6.07) is 11.5. The van der Waals surface area contributed by atoms with E-state index in [1.54, 1.807) is 0 Å². The van der Waals surface area contributed by atoms with Crippen LogP contribution >= 0.6 is 0 Å². The first-order valence-electron chi connectivity index (χ1n) is 5.80. The van der Waals surface area contributed by atoms with Crippen LogP contribution in [-0.2, 0) is 0 Å². The molecule has 0 radical (unpaired) electrons. The van der Waals surface area contributed by atoms with E-state index in [1.165, 1.54) is 10.6 Å². The van der Waals surface area contributed by atoms with Crippen LogP contribution in [0.5, 0.6) is 0 Å². The van der Waals surface area contributed by atoms with Crippen molar-refractivity contribution in [2.75, 3.05) is 0 Å². The normalized spacial score (nSPS) is 11.0. The number of benzene rings is 1. The van der Waals surface area contributed by atoms with Crippen LogP contribution < -0.4 is 5.56 Å². The number of fused-ring (bicyclic) bond motifs is 1. The average molecular weight is 239 g/mol. The number of aromatic nitrogens is 3. The van der Waals surface area contributed by atoms with Gasteiger partial charge in [-0.25, -0.2) is 9.50 Å². The summed E-state index contributed by atoms with van der Waals surface area (Å²) in [5, 5.41) is 3.09. The second kappa shape index (κ2) is 3.84. The third-order valence-corrected chi connectivity index (χ3v) is 3.01. The maximum Gasteiger partial charge on any atom is 0.272 e. The Hall–Kier alpha value is -2.36. The fraction of sp³-hybridized carbons (Fsp3) is 0.143. The molecule has 1 aromatic carbocycles. The van der Waals surface area contributed by atoms with Crippen LogP contribution in [0, 0.1) is 13.8 Å². The predicted octanol–water partition coefficient (Wildman–Crippen LogP) is 2.31. The molecule has 4 nitrogen and oxygen atoms in total. The zero-order valence-corrected chi connectivity index (χ0v) is 10.3. The lowest BCUT2D eigenvalue weighted by molar-refractivity contribution is 0.893. The van der Waals surface area contributed by atoms with Gasteiger partial charge in [0, 0.05) is 23.4 Å². The minimum Gasteiger partial charge on any atom is -0.289 e. The first-order valence-corrected chi connectivity index (χ1v) is 5.80. The van der Waals surface area contributed by atoms with Crippen LogP contribution in [0.4, 0.5) is 0 Å². The average Bonchev–Trinajstić information content (AvgIpc) is 2.73. The topological polar surface area (TPSA) is 50.2 Å². The lowest BCUT2D eigenvalue weighted by Gasteiger charge is -2.01. The van der Waals surface area contributed by atoms with Gasteiger partial charge in [-0.15, -0.1) is 0 Å². The summed E-state index contributed by atoms with van der Waals surface area (Å²) in [5.41, 5.74) is 4.45. The summed E-state index contributed by atoms with van der Waals surface area (Å²) in [4.78, 5) is 16.2. The van der Waals surface area contributed by atoms with E-state index in [4.69, 9.17) is 0 Å². The molecule has 18 heavy (non-hydrogen) atoms. The van der Waals surface area contributed by atoms with E-state index in [0.717, 1.165) is 22.5 Å². The zero-order chi connectivity index (χ0) is 12.7. The van der Waals surface area contributed by atoms with Crippen molar-refractivity contribution in [3.63, 3.8) is 0 Å². The van der Waals surface area contributed by atoms with Gasteiger partial charge in [-0.3, -0.25) is 9.89 Å². The van der Waals surface area contributed by atoms with Crippen LogP contribution in [0.2, 0.25) is 0 Å². The second-order valence-corrected chi connectivity index (χ2v) is 4.41. The molecule has 0 aliphatic carbocycles. The van der Waals surface area contributed by atoms with Crippen LogP contribution in [0.3, 0.4) is 0 Å². The smallest absolute Gasteiger partial charge is 0.272 e.